The monoisotopic (exact) mass is 628 g/mol. The molecule has 0 spiro atoms. The molecule has 6 aromatic rings. The van der Waals surface area contributed by atoms with Crippen molar-refractivity contribution in [3.05, 3.63) is 120 Å². The van der Waals surface area contributed by atoms with E-state index in [0.717, 1.165) is 10.4 Å². The summed E-state index contributed by atoms with van der Waals surface area (Å²) in [6.07, 6.45) is 4.42. The third-order valence-electron chi connectivity index (χ3n) is 6.26. The first-order valence-electron chi connectivity index (χ1n) is 12.8. The van der Waals surface area contributed by atoms with Gasteiger partial charge in [0.1, 0.15) is 17.7 Å². The predicted octanol–water partition coefficient (Wildman–Crippen LogP) is 5.63. The van der Waals surface area contributed by atoms with Crippen molar-refractivity contribution in [1.29, 1.82) is 0 Å². The van der Waals surface area contributed by atoms with E-state index in [0.29, 0.717) is 33.5 Å². The average Bonchev–Trinajstić information content (AvgIpc) is 3.84. The Morgan fingerprint density at radius 2 is 2.02 bits per heavy atom. The van der Waals surface area contributed by atoms with E-state index in [1.165, 1.54) is 57.8 Å². The van der Waals surface area contributed by atoms with Crippen LogP contribution in [0.4, 0.5) is 5.82 Å². The van der Waals surface area contributed by atoms with E-state index >= 15 is 0 Å². The number of benzene rings is 1. The van der Waals surface area contributed by atoms with Gasteiger partial charge in [0.25, 0.3) is 11.5 Å². The zero-order valence-electron chi connectivity index (χ0n) is 22.5. The van der Waals surface area contributed by atoms with Gasteiger partial charge >= 0.3 is 0 Å². The number of hydrogen-bond acceptors (Lipinski definition) is 10. The number of thiophene rings is 1. The van der Waals surface area contributed by atoms with E-state index in [1.54, 1.807) is 23.2 Å². The Balaban J connectivity index is 1.51. The minimum Gasteiger partial charge on any atom is -0.491 e. The SMILES string of the molecule is COc1c(-c2cc(=O)n(Cc3cocn3)cc2C#Cc2ccccc2)nn(C(=O)c2cscn2)c1NCc1ccc(Cl)s1. The van der Waals surface area contributed by atoms with Crippen LogP contribution in [0.25, 0.3) is 11.3 Å². The number of thiazole rings is 1. The number of aromatic nitrogens is 5. The molecule has 13 heteroatoms. The zero-order chi connectivity index (χ0) is 29.8. The maximum absolute atomic E-state index is 13.6. The minimum absolute atomic E-state index is 0.180. The van der Waals surface area contributed by atoms with Gasteiger partial charge in [-0.3, -0.25) is 9.59 Å². The maximum Gasteiger partial charge on any atom is 0.299 e. The van der Waals surface area contributed by atoms with E-state index in [4.69, 9.17) is 20.8 Å². The molecule has 1 N–H and O–H groups in total. The van der Waals surface area contributed by atoms with Crippen LogP contribution in [0.1, 0.15) is 32.2 Å². The molecule has 0 radical (unpaired) electrons. The topological polar surface area (TPSA) is 117 Å². The van der Waals surface area contributed by atoms with E-state index in [2.05, 4.69) is 32.2 Å². The number of halogens is 1. The van der Waals surface area contributed by atoms with Gasteiger partial charge in [0.15, 0.2) is 18.0 Å². The number of carbonyl (C=O) groups excluding carboxylic acids is 1. The molecule has 0 unspecified atom stereocenters. The summed E-state index contributed by atoms with van der Waals surface area (Å²) in [6, 6.07) is 14.6. The third-order valence-corrected chi connectivity index (χ3v) is 8.08. The van der Waals surface area contributed by atoms with Crippen LogP contribution in [0, 0.1) is 11.8 Å². The zero-order valence-corrected chi connectivity index (χ0v) is 24.9. The van der Waals surface area contributed by atoms with E-state index in [9.17, 15) is 9.59 Å². The number of oxazole rings is 1. The van der Waals surface area contributed by atoms with E-state index < -0.39 is 5.91 Å². The molecule has 0 saturated carbocycles. The summed E-state index contributed by atoms with van der Waals surface area (Å²) < 4.78 is 14.2. The highest BCUT2D eigenvalue weighted by Gasteiger charge is 2.27. The van der Waals surface area contributed by atoms with Crippen molar-refractivity contribution >= 4 is 46.0 Å². The first kappa shape index (κ1) is 28.2. The summed E-state index contributed by atoms with van der Waals surface area (Å²) in [7, 11) is 1.48. The van der Waals surface area contributed by atoms with E-state index in [1.807, 2.05) is 36.4 Å². The van der Waals surface area contributed by atoms with Crippen LogP contribution in [-0.2, 0) is 13.1 Å². The fourth-order valence-electron chi connectivity index (χ4n) is 4.26. The van der Waals surface area contributed by atoms with Crippen molar-refractivity contribution in [3.63, 3.8) is 0 Å². The largest absolute Gasteiger partial charge is 0.491 e. The number of ether oxygens (including phenoxy) is 1. The van der Waals surface area contributed by atoms with Crippen molar-refractivity contribution in [3.8, 4) is 28.8 Å². The van der Waals surface area contributed by atoms with Crippen molar-refractivity contribution in [2.24, 2.45) is 0 Å². The van der Waals surface area contributed by atoms with Crippen molar-refractivity contribution in [1.82, 2.24) is 24.3 Å². The molecule has 5 aromatic heterocycles. The Labute approximate surface area is 258 Å². The smallest absolute Gasteiger partial charge is 0.299 e. The van der Waals surface area contributed by atoms with Crippen LogP contribution >= 0.6 is 34.3 Å². The summed E-state index contributed by atoms with van der Waals surface area (Å²) in [5.74, 6) is 6.44. The minimum atomic E-state index is -0.464. The van der Waals surface area contributed by atoms with Crippen molar-refractivity contribution in [2.45, 2.75) is 13.1 Å². The molecule has 5 heterocycles. The molecular formula is C30H21ClN6O4S2. The molecule has 0 bridgehead atoms. The molecule has 6 rings (SSSR count). The average molecular weight is 629 g/mol. The molecule has 1 aromatic carbocycles. The summed E-state index contributed by atoms with van der Waals surface area (Å²) in [4.78, 5) is 36.2. The van der Waals surface area contributed by atoms with E-state index in [-0.39, 0.29) is 29.2 Å². The highest BCUT2D eigenvalue weighted by molar-refractivity contribution is 7.16. The Hall–Kier alpha value is -4.96. The first-order chi connectivity index (χ1) is 21.0. The molecule has 214 valence electrons. The van der Waals surface area contributed by atoms with Crippen molar-refractivity contribution in [2.75, 3.05) is 12.4 Å². The lowest BCUT2D eigenvalue weighted by Crippen LogP contribution is -2.21. The standard InChI is InChI=1S/C30H21ClN6O4S2/c1-40-28-27(35-37(30(39)24-16-42-18-34-24)29(28)32-12-22-9-10-25(31)43-22)23-11-26(38)36(14-21-15-41-17-33-21)13-20(23)8-7-19-5-3-2-4-6-19/h2-6,9-11,13,15-18,32H,12,14H2,1H3. The fourth-order valence-corrected chi connectivity index (χ4v) is 5.82. The Morgan fingerprint density at radius 3 is 2.72 bits per heavy atom. The second kappa shape index (κ2) is 12.5. The number of carbonyl (C=O) groups is 1. The van der Waals surface area contributed by atoms with Gasteiger partial charge < -0.3 is 19.0 Å². The predicted molar refractivity (Wildman–Crippen MR) is 165 cm³/mol. The molecule has 0 fully saturated rings. The number of pyridine rings is 1. The van der Waals surface area contributed by atoms with Gasteiger partial charge in [0.05, 0.1) is 41.3 Å². The van der Waals surface area contributed by atoms with Crippen LogP contribution in [-0.4, -0.2) is 37.3 Å². The lowest BCUT2D eigenvalue weighted by Gasteiger charge is -2.10. The summed E-state index contributed by atoms with van der Waals surface area (Å²) in [5.41, 5.74) is 3.98. The summed E-state index contributed by atoms with van der Waals surface area (Å²) in [5, 5.41) is 9.58. The maximum atomic E-state index is 13.6. The fraction of sp³-hybridized carbons (Fsp3) is 0.100. The number of hydrogen-bond donors (Lipinski definition) is 1. The number of rotatable bonds is 8. The van der Waals surface area contributed by atoms with Gasteiger partial charge in [0.2, 0.25) is 0 Å². The normalized spacial score (nSPS) is 10.7. The van der Waals surface area contributed by atoms with Gasteiger partial charge in [-0.1, -0.05) is 41.6 Å². The molecule has 43 heavy (non-hydrogen) atoms. The highest BCUT2D eigenvalue weighted by atomic mass is 35.5. The Bertz CT molecular complexity index is 2000. The number of nitrogens with one attached hydrogen (secondary N) is 1. The van der Waals surface area contributed by atoms with Crippen LogP contribution in [0.2, 0.25) is 4.34 Å². The van der Waals surface area contributed by atoms with Gasteiger partial charge in [-0.25, -0.2) is 9.97 Å². The third kappa shape index (κ3) is 6.14. The lowest BCUT2D eigenvalue weighted by molar-refractivity contribution is 0.0943. The second-order valence-electron chi connectivity index (χ2n) is 9.04. The molecule has 0 saturated heterocycles. The second-order valence-corrected chi connectivity index (χ2v) is 11.6. The van der Waals surface area contributed by atoms with Gasteiger partial charge in [0, 0.05) is 33.6 Å². The molecule has 10 nitrogen and oxygen atoms in total. The summed E-state index contributed by atoms with van der Waals surface area (Å²) in [6.45, 7) is 0.531. The number of nitrogens with zero attached hydrogens (tertiary/aromatic N) is 5. The number of anilines is 1. The highest BCUT2D eigenvalue weighted by Crippen LogP contribution is 2.38. The Kier molecular flexibility index (Phi) is 8.19. The van der Waals surface area contributed by atoms with Crippen LogP contribution in [0.15, 0.2) is 87.5 Å². The Morgan fingerprint density at radius 1 is 1.16 bits per heavy atom. The molecular weight excluding hydrogens is 608 g/mol. The number of methoxy groups -OCH3 is 1. The van der Waals surface area contributed by atoms with Crippen LogP contribution in [0.3, 0.4) is 0 Å². The molecule has 0 aliphatic carbocycles. The first-order valence-corrected chi connectivity index (χ1v) is 14.9. The van der Waals surface area contributed by atoms with Crippen LogP contribution in [0.5, 0.6) is 5.75 Å². The van der Waals surface area contributed by atoms with Gasteiger partial charge in [-0.2, -0.15) is 9.78 Å². The molecule has 0 amide bonds. The molecule has 0 aliphatic heterocycles. The quantitative estimate of drug-likeness (QED) is 0.216. The van der Waals surface area contributed by atoms with Gasteiger partial charge in [-0.15, -0.1) is 22.7 Å². The molecule has 0 aliphatic rings. The lowest BCUT2D eigenvalue weighted by atomic mass is 10.1. The van der Waals surface area contributed by atoms with Crippen molar-refractivity contribution < 1.29 is 13.9 Å². The molecule has 0 atom stereocenters. The van der Waals surface area contributed by atoms with Crippen LogP contribution < -0.4 is 15.6 Å². The van der Waals surface area contributed by atoms with Gasteiger partial charge in [-0.05, 0) is 24.3 Å². The summed E-state index contributed by atoms with van der Waals surface area (Å²) >= 11 is 8.84.